The molecule has 1 spiro atoms. The lowest BCUT2D eigenvalue weighted by Gasteiger charge is -2.51. The molecule has 2 aromatic rings. The van der Waals surface area contributed by atoms with Gasteiger partial charge in [0.15, 0.2) is 0 Å². The van der Waals surface area contributed by atoms with Crippen LogP contribution in [0.5, 0.6) is 23.0 Å². The maximum Gasteiger partial charge on any atom is 0.252 e. The number of hydrogen-bond acceptors (Lipinski definition) is 6. The van der Waals surface area contributed by atoms with E-state index in [9.17, 15) is 0 Å². The SMILES string of the molecule is CC1(C)CC2(CC(C)(C)c3ccc(OCC4COC4)cc3O2)Oc2cc(OCC3COC3)ccc21. The van der Waals surface area contributed by atoms with Crippen LogP contribution in [0.1, 0.15) is 51.7 Å². The second kappa shape index (κ2) is 8.31. The Bertz CT molecular complexity index is 1010. The molecule has 0 unspecified atom stereocenters. The van der Waals surface area contributed by atoms with Gasteiger partial charge in [-0.3, -0.25) is 0 Å². The van der Waals surface area contributed by atoms with Crippen LogP contribution in [0.4, 0.5) is 0 Å². The van der Waals surface area contributed by atoms with Crippen LogP contribution >= 0.6 is 0 Å². The van der Waals surface area contributed by atoms with Gasteiger partial charge in [-0.25, -0.2) is 0 Å². The third kappa shape index (κ3) is 4.36. The first kappa shape index (κ1) is 23.0. The number of benzene rings is 2. The van der Waals surface area contributed by atoms with Gasteiger partial charge in [0.25, 0.3) is 5.79 Å². The molecule has 6 nitrogen and oxygen atoms in total. The second-order valence-corrected chi connectivity index (χ2v) is 12.0. The lowest BCUT2D eigenvalue weighted by Crippen LogP contribution is -2.55. The topological polar surface area (TPSA) is 55.4 Å². The predicted molar refractivity (Wildman–Crippen MR) is 132 cm³/mol. The molecule has 4 aliphatic heterocycles. The molecule has 4 heterocycles. The normalized spacial score (nSPS) is 23.7. The van der Waals surface area contributed by atoms with Gasteiger partial charge in [-0.1, -0.05) is 39.8 Å². The Morgan fingerprint density at radius 2 is 1.11 bits per heavy atom. The molecule has 0 aliphatic carbocycles. The summed E-state index contributed by atoms with van der Waals surface area (Å²) >= 11 is 0. The molecule has 0 bridgehead atoms. The Morgan fingerprint density at radius 3 is 1.49 bits per heavy atom. The zero-order valence-electron chi connectivity index (χ0n) is 21.2. The van der Waals surface area contributed by atoms with Crippen molar-refractivity contribution in [2.45, 2.75) is 57.2 Å². The van der Waals surface area contributed by atoms with Crippen molar-refractivity contribution in [1.82, 2.24) is 0 Å². The minimum absolute atomic E-state index is 0.111. The lowest BCUT2D eigenvalue weighted by molar-refractivity contribution is -0.166. The quantitative estimate of drug-likeness (QED) is 0.563. The smallest absolute Gasteiger partial charge is 0.252 e. The molecule has 0 aromatic heterocycles. The van der Waals surface area contributed by atoms with Crippen LogP contribution in [0.25, 0.3) is 0 Å². The van der Waals surface area contributed by atoms with E-state index in [0.29, 0.717) is 25.0 Å². The summed E-state index contributed by atoms with van der Waals surface area (Å²) in [4.78, 5) is 0. The number of hydrogen-bond donors (Lipinski definition) is 0. The van der Waals surface area contributed by atoms with Gasteiger partial charge >= 0.3 is 0 Å². The van der Waals surface area contributed by atoms with E-state index in [0.717, 1.165) is 62.3 Å². The fourth-order valence-electron chi connectivity index (χ4n) is 5.83. The minimum Gasteiger partial charge on any atom is -0.493 e. The fraction of sp³-hybridized carbons (Fsp3) is 0.586. The Morgan fingerprint density at radius 1 is 0.686 bits per heavy atom. The molecule has 4 aliphatic rings. The van der Waals surface area contributed by atoms with E-state index in [1.165, 1.54) is 11.1 Å². The van der Waals surface area contributed by atoms with Gasteiger partial charge in [-0.05, 0) is 12.1 Å². The first-order chi connectivity index (χ1) is 16.7. The molecular formula is C29H36O6. The molecule has 0 atom stereocenters. The van der Waals surface area contributed by atoms with Crippen LogP contribution < -0.4 is 18.9 Å². The highest BCUT2D eigenvalue weighted by molar-refractivity contribution is 5.50. The summed E-state index contributed by atoms with van der Waals surface area (Å²) < 4.78 is 36.2. The van der Waals surface area contributed by atoms with E-state index >= 15 is 0 Å². The summed E-state index contributed by atoms with van der Waals surface area (Å²) in [7, 11) is 0. The zero-order valence-corrected chi connectivity index (χ0v) is 21.2. The highest BCUT2D eigenvalue weighted by Crippen LogP contribution is 2.54. The standard InChI is InChI=1S/C29H36O6/c1-27(2)17-29(34-25-9-21(5-7-23(25)27)32-15-19-11-30-12-19)18-28(3,4)24-8-6-22(10-26(24)35-29)33-16-20-13-31-14-20/h5-10,19-20H,11-18H2,1-4H3. The molecule has 0 radical (unpaired) electrons. The van der Waals surface area contributed by atoms with Crippen LogP contribution in [0.3, 0.4) is 0 Å². The van der Waals surface area contributed by atoms with Crippen molar-refractivity contribution in [1.29, 1.82) is 0 Å². The van der Waals surface area contributed by atoms with Crippen molar-refractivity contribution >= 4 is 0 Å². The average molecular weight is 481 g/mol. The van der Waals surface area contributed by atoms with Crippen LogP contribution in [0.2, 0.25) is 0 Å². The molecule has 0 saturated carbocycles. The molecule has 6 rings (SSSR count). The van der Waals surface area contributed by atoms with Crippen molar-refractivity contribution in [3.8, 4) is 23.0 Å². The fourth-order valence-corrected chi connectivity index (χ4v) is 5.83. The largest absolute Gasteiger partial charge is 0.493 e. The van der Waals surface area contributed by atoms with Crippen LogP contribution in [-0.4, -0.2) is 45.4 Å². The van der Waals surface area contributed by atoms with Crippen molar-refractivity contribution in [3.05, 3.63) is 47.5 Å². The molecular weight excluding hydrogens is 444 g/mol. The maximum atomic E-state index is 6.76. The Balaban J connectivity index is 1.27. The molecule has 35 heavy (non-hydrogen) atoms. The zero-order chi connectivity index (χ0) is 24.3. The van der Waals surface area contributed by atoms with E-state index in [1.54, 1.807) is 0 Å². The third-order valence-corrected chi connectivity index (χ3v) is 7.76. The monoisotopic (exact) mass is 480 g/mol. The summed E-state index contributed by atoms with van der Waals surface area (Å²) in [6, 6.07) is 12.5. The Hall–Kier alpha value is -2.44. The van der Waals surface area contributed by atoms with Crippen molar-refractivity contribution < 1.29 is 28.4 Å². The second-order valence-electron chi connectivity index (χ2n) is 12.0. The highest BCUT2D eigenvalue weighted by atomic mass is 16.7. The van der Waals surface area contributed by atoms with Gasteiger partial charge in [0, 0.05) is 58.8 Å². The van der Waals surface area contributed by atoms with Crippen LogP contribution in [0.15, 0.2) is 36.4 Å². The van der Waals surface area contributed by atoms with E-state index < -0.39 is 5.79 Å². The molecule has 2 fully saturated rings. The molecule has 2 aromatic carbocycles. The summed E-state index contributed by atoms with van der Waals surface area (Å²) in [6.45, 7) is 13.5. The summed E-state index contributed by atoms with van der Waals surface area (Å²) in [5.74, 6) is 3.54. The highest BCUT2D eigenvalue weighted by Gasteiger charge is 2.53. The first-order valence-electron chi connectivity index (χ1n) is 12.8. The summed E-state index contributed by atoms with van der Waals surface area (Å²) in [6.07, 6.45) is 1.53. The Labute approximate surface area is 207 Å². The van der Waals surface area contributed by atoms with E-state index in [-0.39, 0.29) is 10.8 Å². The lowest BCUT2D eigenvalue weighted by atomic mass is 9.69. The molecule has 188 valence electrons. The van der Waals surface area contributed by atoms with Gasteiger partial charge in [0.05, 0.1) is 39.6 Å². The van der Waals surface area contributed by atoms with Crippen LogP contribution in [0, 0.1) is 11.8 Å². The van der Waals surface area contributed by atoms with Gasteiger partial charge in [0.1, 0.15) is 23.0 Å². The van der Waals surface area contributed by atoms with E-state index in [1.807, 2.05) is 12.1 Å². The third-order valence-electron chi connectivity index (χ3n) is 7.76. The molecule has 6 heteroatoms. The first-order valence-corrected chi connectivity index (χ1v) is 12.8. The van der Waals surface area contributed by atoms with Crippen molar-refractivity contribution in [2.75, 3.05) is 39.6 Å². The van der Waals surface area contributed by atoms with Gasteiger partial charge in [-0.2, -0.15) is 0 Å². The molecule has 2 saturated heterocycles. The van der Waals surface area contributed by atoms with Gasteiger partial charge in [-0.15, -0.1) is 0 Å². The number of fused-ring (bicyclic) bond motifs is 2. The summed E-state index contributed by atoms with van der Waals surface area (Å²) in [5.41, 5.74) is 2.16. The van der Waals surface area contributed by atoms with Gasteiger partial charge in [0.2, 0.25) is 0 Å². The van der Waals surface area contributed by atoms with Crippen molar-refractivity contribution in [3.63, 3.8) is 0 Å². The predicted octanol–water partition coefficient (Wildman–Crippen LogP) is 5.25. The number of ether oxygens (including phenoxy) is 6. The average Bonchev–Trinajstić information content (AvgIpc) is 2.69. The summed E-state index contributed by atoms with van der Waals surface area (Å²) in [5, 5.41) is 0. The van der Waals surface area contributed by atoms with Crippen LogP contribution in [-0.2, 0) is 20.3 Å². The van der Waals surface area contributed by atoms with E-state index in [4.69, 9.17) is 28.4 Å². The maximum absolute atomic E-state index is 6.76. The minimum atomic E-state index is -0.756. The van der Waals surface area contributed by atoms with Crippen molar-refractivity contribution in [2.24, 2.45) is 11.8 Å². The molecule has 0 amide bonds. The molecule has 0 N–H and O–H groups in total. The Kier molecular flexibility index (Phi) is 5.46. The van der Waals surface area contributed by atoms with E-state index in [2.05, 4.69) is 52.0 Å². The number of rotatable bonds is 6. The van der Waals surface area contributed by atoms with Gasteiger partial charge < -0.3 is 28.4 Å².